The first kappa shape index (κ1) is 28.7. The molecule has 2 aromatic carbocycles. The molecule has 0 aliphatic carbocycles. The third-order valence-corrected chi connectivity index (χ3v) is 7.90. The number of carbonyl (C=O) groups is 2. The molecule has 0 aromatic heterocycles. The monoisotopic (exact) mass is 538 g/mol. The molecule has 2 aliphatic heterocycles. The van der Waals surface area contributed by atoms with Crippen molar-refractivity contribution in [1.82, 2.24) is 15.1 Å². The Balaban J connectivity index is 1.52. The summed E-state index contributed by atoms with van der Waals surface area (Å²) < 4.78 is 16.3. The molecule has 0 unspecified atom stereocenters. The number of carbonyl (C=O) groups excluding carboxylic acids is 2. The van der Waals surface area contributed by atoms with E-state index in [9.17, 15) is 9.59 Å². The predicted octanol–water partition coefficient (Wildman–Crippen LogP) is 3.34. The molecule has 9 nitrogen and oxygen atoms in total. The highest BCUT2D eigenvalue weighted by Gasteiger charge is 2.41. The van der Waals surface area contributed by atoms with Crippen molar-refractivity contribution in [1.29, 1.82) is 0 Å². The maximum atomic E-state index is 13.6. The van der Waals surface area contributed by atoms with Crippen LogP contribution in [0.2, 0.25) is 0 Å². The van der Waals surface area contributed by atoms with Gasteiger partial charge in [0.1, 0.15) is 5.75 Å². The molecule has 2 atom stereocenters. The molecule has 212 valence electrons. The van der Waals surface area contributed by atoms with Gasteiger partial charge in [-0.15, -0.1) is 0 Å². The van der Waals surface area contributed by atoms with E-state index in [0.717, 1.165) is 56.9 Å². The first-order chi connectivity index (χ1) is 19.0. The Morgan fingerprint density at radius 1 is 0.923 bits per heavy atom. The van der Waals surface area contributed by atoms with Crippen molar-refractivity contribution in [3.63, 3.8) is 0 Å². The predicted molar refractivity (Wildman–Crippen MR) is 152 cm³/mol. The number of anilines is 1. The normalized spacial score (nSPS) is 20.5. The van der Waals surface area contributed by atoms with Gasteiger partial charge in [-0.3, -0.25) is 9.59 Å². The lowest BCUT2D eigenvalue weighted by Gasteiger charge is -2.41. The van der Waals surface area contributed by atoms with Crippen molar-refractivity contribution in [2.45, 2.75) is 32.2 Å². The zero-order valence-electron chi connectivity index (χ0n) is 23.7. The molecule has 2 saturated heterocycles. The number of piperazine rings is 1. The molecular formula is C30H42N4O5. The van der Waals surface area contributed by atoms with Crippen molar-refractivity contribution in [3.05, 3.63) is 48.0 Å². The molecule has 2 aliphatic rings. The van der Waals surface area contributed by atoms with Crippen LogP contribution in [0.5, 0.6) is 17.2 Å². The Bertz CT molecular complexity index is 1100. The lowest BCUT2D eigenvalue weighted by atomic mass is 9.83. The van der Waals surface area contributed by atoms with E-state index in [1.807, 2.05) is 42.5 Å². The van der Waals surface area contributed by atoms with Crippen LogP contribution in [0.25, 0.3) is 0 Å². The molecule has 2 fully saturated rings. The maximum absolute atomic E-state index is 13.6. The summed E-state index contributed by atoms with van der Waals surface area (Å²) in [7, 11) is 4.78. The number of amides is 2. The SMILES string of the molecule is CCN1CCN(CCCNC(=O)[C@@H]2CCC(=O)N(c3ccc(OC)cc3)[C@H]2c2ccc(OC)c(OC)c2)CC1. The van der Waals surface area contributed by atoms with Gasteiger partial charge in [-0.05, 0) is 67.9 Å². The number of piperidine rings is 1. The fraction of sp³-hybridized carbons (Fsp3) is 0.533. The fourth-order valence-corrected chi connectivity index (χ4v) is 5.61. The minimum absolute atomic E-state index is 0.0183. The molecule has 2 amide bonds. The number of methoxy groups -OCH3 is 3. The van der Waals surface area contributed by atoms with E-state index < -0.39 is 12.0 Å². The number of hydrogen-bond donors (Lipinski definition) is 1. The molecule has 9 heteroatoms. The lowest BCUT2D eigenvalue weighted by Crippen LogP contribution is -2.49. The second kappa shape index (κ2) is 13.7. The standard InChI is InChI=1S/C30H42N4O5/c1-5-32-17-19-33(20-18-32)16-6-15-31-30(36)25-12-14-28(35)34(23-8-10-24(37-2)11-9-23)29(25)22-7-13-26(38-3)27(21-22)39-4/h7-11,13,21,25,29H,5-6,12,14-20H2,1-4H3,(H,31,36)/t25-,29+/m1/s1. The number of ether oxygens (including phenoxy) is 3. The number of nitrogens with one attached hydrogen (secondary N) is 1. The second-order valence-electron chi connectivity index (χ2n) is 10.1. The molecule has 39 heavy (non-hydrogen) atoms. The van der Waals surface area contributed by atoms with Crippen molar-refractivity contribution >= 4 is 17.5 Å². The first-order valence-electron chi connectivity index (χ1n) is 13.9. The Kier molecular flexibility index (Phi) is 10.1. The van der Waals surface area contributed by atoms with Crippen LogP contribution in [0.4, 0.5) is 5.69 Å². The molecule has 4 rings (SSSR count). The summed E-state index contributed by atoms with van der Waals surface area (Å²) >= 11 is 0. The number of likely N-dealkylation sites (N-methyl/N-ethyl adjacent to an activating group) is 1. The molecular weight excluding hydrogens is 496 g/mol. The van der Waals surface area contributed by atoms with Gasteiger partial charge in [-0.2, -0.15) is 0 Å². The summed E-state index contributed by atoms with van der Waals surface area (Å²) in [5.41, 5.74) is 1.55. The van der Waals surface area contributed by atoms with E-state index in [1.165, 1.54) is 0 Å². The summed E-state index contributed by atoms with van der Waals surface area (Å²) in [5.74, 6) is 1.41. The van der Waals surface area contributed by atoms with Gasteiger partial charge in [0, 0.05) is 44.8 Å². The fourth-order valence-electron chi connectivity index (χ4n) is 5.61. The second-order valence-corrected chi connectivity index (χ2v) is 10.1. The van der Waals surface area contributed by atoms with Crippen molar-refractivity contribution in [3.8, 4) is 17.2 Å². The first-order valence-corrected chi connectivity index (χ1v) is 13.9. The van der Waals surface area contributed by atoms with Gasteiger partial charge in [0.2, 0.25) is 11.8 Å². The van der Waals surface area contributed by atoms with Gasteiger partial charge in [0.05, 0.1) is 33.3 Å². The van der Waals surface area contributed by atoms with Gasteiger partial charge in [-0.25, -0.2) is 0 Å². The Labute approximate surface area is 232 Å². The van der Waals surface area contributed by atoms with E-state index >= 15 is 0 Å². The summed E-state index contributed by atoms with van der Waals surface area (Å²) in [5, 5.41) is 3.18. The highest BCUT2D eigenvalue weighted by Crippen LogP contribution is 2.42. The number of rotatable bonds is 11. The minimum atomic E-state index is -0.485. The maximum Gasteiger partial charge on any atom is 0.227 e. The number of benzene rings is 2. The molecule has 2 aromatic rings. The summed E-state index contributed by atoms with van der Waals surface area (Å²) in [4.78, 5) is 33.7. The number of hydrogen-bond acceptors (Lipinski definition) is 7. The molecule has 0 radical (unpaired) electrons. The molecule has 0 saturated carbocycles. The van der Waals surface area contributed by atoms with Gasteiger partial charge in [-0.1, -0.05) is 13.0 Å². The van der Waals surface area contributed by atoms with Crippen molar-refractivity contribution in [2.75, 3.05) is 72.0 Å². The third kappa shape index (κ3) is 6.83. The average Bonchev–Trinajstić information content (AvgIpc) is 2.99. The Hall–Kier alpha value is -3.30. The smallest absolute Gasteiger partial charge is 0.227 e. The topological polar surface area (TPSA) is 83.6 Å². The zero-order valence-corrected chi connectivity index (χ0v) is 23.7. The number of nitrogens with zero attached hydrogens (tertiary/aromatic N) is 3. The van der Waals surface area contributed by atoms with Crippen LogP contribution in [-0.4, -0.2) is 88.8 Å². The highest BCUT2D eigenvalue weighted by molar-refractivity contribution is 5.97. The van der Waals surface area contributed by atoms with Crippen molar-refractivity contribution < 1.29 is 23.8 Å². The van der Waals surface area contributed by atoms with E-state index in [1.54, 1.807) is 26.2 Å². The Morgan fingerprint density at radius 2 is 1.62 bits per heavy atom. The summed E-state index contributed by atoms with van der Waals surface area (Å²) in [6.07, 6.45) is 1.68. The van der Waals surface area contributed by atoms with Crippen molar-refractivity contribution in [2.24, 2.45) is 5.92 Å². The van der Waals surface area contributed by atoms with Crippen LogP contribution in [-0.2, 0) is 9.59 Å². The van der Waals surface area contributed by atoms with E-state index in [4.69, 9.17) is 14.2 Å². The van der Waals surface area contributed by atoms with Gasteiger partial charge in [0.25, 0.3) is 0 Å². The molecule has 0 spiro atoms. The quantitative estimate of drug-likeness (QED) is 0.440. The van der Waals surface area contributed by atoms with Crippen LogP contribution >= 0.6 is 0 Å². The largest absolute Gasteiger partial charge is 0.497 e. The minimum Gasteiger partial charge on any atom is -0.497 e. The van der Waals surface area contributed by atoms with Gasteiger partial charge < -0.3 is 34.2 Å². The van der Waals surface area contributed by atoms with E-state index in [2.05, 4.69) is 22.0 Å². The summed E-state index contributed by atoms with van der Waals surface area (Å²) in [6.45, 7) is 9.24. The zero-order chi connectivity index (χ0) is 27.8. The average molecular weight is 539 g/mol. The van der Waals surface area contributed by atoms with E-state index in [-0.39, 0.29) is 11.8 Å². The molecule has 1 N–H and O–H groups in total. The third-order valence-electron chi connectivity index (χ3n) is 7.90. The van der Waals surface area contributed by atoms with Crippen LogP contribution in [0.3, 0.4) is 0 Å². The molecule has 0 bridgehead atoms. The molecule has 2 heterocycles. The van der Waals surface area contributed by atoms with Crippen LogP contribution in [0.1, 0.15) is 37.8 Å². The van der Waals surface area contributed by atoms with Crippen LogP contribution in [0.15, 0.2) is 42.5 Å². The Morgan fingerprint density at radius 3 is 2.26 bits per heavy atom. The van der Waals surface area contributed by atoms with E-state index in [0.29, 0.717) is 36.6 Å². The van der Waals surface area contributed by atoms with Gasteiger partial charge in [0.15, 0.2) is 11.5 Å². The van der Waals surface area contributed by atoms with Gasteiger partial charge >= 0.3 is 0 Å². The van der Waals surface area contributed by atoms with Crippen LogP contribution in [0, 0.1) is 5.92 Å². The highest BCUT2D eigenvalue weighted by atomic mass is 16.5. The lowest BCUT2D eigenvalue weighted by molar-refractivity contribution is -0.129. The van der Waals surface area contributed by atoms with Crippen LogP contribution < -0.4 is 24.4 Å². The summed E-state index contributed by atoms with van der Waals surface area (Å²) in [6, 6.07) is 12.5.